The number of amides is 2. The Kier molecular flexibility index (Phi) is 6.61. The lowest BCUT2D eigenvalue weighted by Gasteiger charge is -2.24. The molecule has 0 saturated carbocycles. The molecule has 0 bridgehead atoms. The van der Waals surface area contributed by atoms with Gasteiger partial charge in [-0.1, -0.05) is 42.5 Å². The number of nitrogens with one attached hydrogen (secondary N) is 1. The summed E-state index contributed by atoms with van der Waals surface area (Å²) in [7, 11) is 1.32. The largest absolute Gasteiger partial charge is 0.465 e. The van der Waals surface area contributed by atoms with Crippen LogP contribution in [0.25, 0.3) is 0 Å². The van der Waals surface area contributed by atoms with E-state index in [0.717, 1.165) is 11.1 Å². The third-order valence-corrected chi connectivity index (χ3v) is 4.94. The van der Waals surface area contributed by atoms with Gasteiger partial charge in [0.15, 0.2) is 0 Å². The van der Waals surface area contributed by atoms with E-state index in [1.54, 1.807) is 24.3 Å². The van der Waals surface area contributed by atoms with Gasteiger partial charge in [-0.2, -0.15) is 0 Å². The van der Waals surface area contributed by atoms with Crippen molar-refractivity contribution in [1.29, 1.82) is 0 Å². The van der Waals surface area contributed by atoms with Crippen molar-refractivity contribution in [2.75, 3.05) is 13.7 Å². The van der Waals surface area contributed by atoms with Gasteiger partial charge in [-0.25, -0.2) is 4.79 Å². The molecule has 29 heavy (non-hydrogen) atoms. The third-order valence-electron chi connectivity index (χ3n) is 4.94. The fraction of sp³-hybridized carbons (Fsp3) is 0.318. The van der Waals surface area contributed by atoms with Crippen LogP contribution in [0.1, 0.15) is 27.9 Å². The van der Waals surface area contributed by atoms with Crippen molar-refractivity contribution in [2.24, 2.45) is 0 Å². The van der Waals surface area contributed by atoms with Gasteiger partial charge in [-0.3, -0.25) is 9.59 Å². The quantitative estimate of drug-likeness (QED) is 0.718. The normalized spacial score (nSPS) is 18.3. The first kappa shape index (κ1) is 20.5. The Labute approximate surface area is 169 Å². The van der Waals surface area contributed by atoms with Crippen LogP contribution in [-0.2, 0) is 27.3 Å². The highest BCUT2D eigenvalue weighted by atomic mass is 16.5. The smallest absolute Gasteiger partial charge is 0.337 e. The molecule has 7 heteroatoms. The summed E-state index contributed by atoms with van der Waals surface area (Å²) in [6, 6.07) is 15.3. The first-order chi connectivity index (χ1) is 14.0. The first-order valence-corrected chi connectivity index (χ1v) is 9.44. The van der Waals surface area contributed by atoms with Crippen LogP contribution in [0.5, 0.6) is 0 Å². The summed E-state index contributed by atoms with van der Waals surface area (Å²) >= 11 is 0. The van der Waals surface area contributed by atoms with E-state index in [-0.39, 0.29) is 37.7 Å². The van der Waals surface area contributed by atoms with Gasteiger partial charge in [0.05, 0.1) is 25.2 Å². The van der Waals surface area contributed by atoms with Gasteiger partial charge in [-0.15, -0.1) is 0 Å². The number of aliphatic hydroxyl groups is 1. The predicted molar refractivity (Wildman–Crippen MR) is 106 cm³/mol. The molecule has 0 unspecified atom stereocenters. The van der Waals surface area contributed by atoms with Crippen LogP contribution in [-0.4, -0.2) is 53.6 Å². The van der Waals surface area contributed by atoms with Crippen LogP contribution >= 0.6 is 0 Å². The molecular formula is C22H24N2O5. The first-order valence-electron chi connectivity index (χ1n) is 9.44. The van der Waals surface area contributed by atoms with Crippen LogP contribution in [0.15, 0.2) is 54.6 Å². The monoisotopic (exact) mass is 396 g/mol. The highest BCUT2D eigenvalue weighted by Gasteiger charge is 2.38. The molecule has 0 radical (unpaired) electrons. The van der Waals surface area contributed by atoms with Gasteiger partial charge in [0.2, 0.25) is 11.8 Å². The summed E-state index contributed by atoms with van der Waals surface area (Å²) < 4.78 is 4.66. The number of carbonyl (C=O) groups is 3. The van der Waals surface area contributed by atoms with E-state index < -0.39 is 18.1 Å². The SMILES string of the molecule is COC(=O)c1ccc(CNC(=O)[C@@H]2C[C@@H](O)CN2C(=O)Cc2ccccc2)cc1. The Hall–Kier alpha value is -3.19. The topological polar surface area (TPSA) is 95.9 Å². The molecule has 1 saturated heterocycles. The zero-order chi connectivity index (χ0) is 20.8. The van der Waals surface area contributed by atoms with Crippen molar-refractivity contribution < 1.29 is 24.2 Å². The molecule has 2 aromatic carbocycles. The second kappa shape index (κ2) is 9.34. The zero-order valence-electron chi connectivity index (χ0n) is 16.2. The molecule has 0 spiro atoms. The van der Waals surface area contributed by atoms with E-state index in [4.69, 9.17) is 0 Å². The molecule has 3 rings (SSSR count). The van der Waals surface area contributed by atoms with E-state index in [9.17, 15) is 19.5 Å². The number of carbonyl (C=O) groups excluding carboxylic acids is 3. The van der Waals surface area contributed by atoms with Crippen LogP contribution < -0.4 is 5.32 Å². The van der Waals surface area contributed by atoms with Gasteiger partial charge in [-0.05, 0) is 23.3 Å². The van der Waals surface area contributed by atoms with Gasteiger partial charge in [0.1, 0.15) is 6.04 Å². The molecule has 152 valence electrons. The molecule has 0 aliphatic carbocycles. The number of β-amino-alcohol motifs (C(OH)–C–C–N with tert-alkyl or cyclic N) is 1. The van der Waals surface area contributed by atoms with Crippen LogP contribution in [0, 0.1) is 0 Å². The zero-order valence-corrected chi connectivity index (χ0v) is 16.2. The number of esters is 1. The summed E-state index contributed by atoms with van der Waals surface area (Å²) in [4.78, 5) is 38.3. The Balaban J connectivity index is 1.59. The number of likely N-dealkylation sites (tertiary alicyclic amines) is 1. The number of hydrogen-bond acceptors (Lipinski definition) is 5. The Bertz CT molecular complexity index is 867. The number of nitrogens with zero attached hydrogens (tertiary/aromatic N) is 1. The summed E-state index contributed by atoms with van der Waals surface area (Å²) in [5, 5.41) is 12.8. The maximum atomic E-state index is 12.7. The molecule has 7 nitrogen and oxygen atoms in total. The minimum atomic E-state index is -0.718. The van der Waals surface area contributed by atoms with Crippen LogP contribution in [0.4, 0.5) is 0 Å². The van der Waals surface area contributed by atoms with Gasteiger partial charge in [0, 0.05) is 19.5 Å². The molecule has 2 aromatic rings. The van der Waals surface area contributed by atoms with Gasteiger partial charge < -0.3 is 20.1 Å². The maximum Gasteiger partial charge on any atom is 0.337 e. The number of rotatable bonds is 6. The minimum Gasteiger partial charge on any atom is -0.465 e. The minimum absolute atomic E-state index is 0.150. The van der Waals surface area contributed by atoms with Crippen molar-refractivity contribution >= 4 is 17.8 Å². The van der Waals surface area contributed by atoms with Crippen molar-refractivity contribution in [1.82, 2.24) is 10.2 Å². The van der Waals surface area contributed by atoms with Crippen molar-refractivity contribution in [3.05, 3.63) is 71.3 Å². The molecule has 2 N–H and O–H groups in total. The number of ether oxygens (including phenoxy) is 1. The number of aliphatic hydroxyl groups excluding tert-OH is 1. The van der Waals surface area contributed by atoms with E-state index >= 15 is 0 Å². The molecule has 1 aliphatic heterocycles. The molecule has 1 heterocycles. The second-order valence-electron chi connectivity index (χ2n) is 7.02. The number of benzene rings is 2. The molecule has 2 amide bonds. The molecule has 1 aliphatic rings. The van der Waals surface area contributed by atoms with E-state index in [1.807, 2.05) is 30.3 Å². The standard InChI is InChI=1S/C22H24N2O5/c1-29-22(28)17-9-7-16(8-10-17)13-23-21(27)19-12-18(25)14-24(19)20(26)11-15-5-3-2-4-6-15/h2-10,18-19,25H,11-14H2,1H3,(H,23,27)/t18-,19+/m1/s1. The van der Waals surface area contributed by atoms with Crippen molar-refractivity contribution in [3.63, 3.8) is 0 Å². The second-order valence-corrected chi connectivity index (χ2v) is 7.02. The van der Waals surface area contributed by atoms with E-state index in [1.165, 1.54) is 12.0 Å². The van der Waals surface area contributed by atoms with Gasteiger partial charge >= 0.3 is 5.97 Å². The highest BCUT2D eigenvalue weighted by Crippen LogP contribution is 2.20. The number of methoxy groups -OCH3 is 1. The van der Waals surface area contributed by atoms with Crippen molar-refractivity contribution in [2.45, 2.75) is 31.5 Å². The lowest BCUT2D eigenvalue weighted by Crippen LogP contribution is -2.46. The Morgan fingerprint density at radius 3 is 2.41 bits per heavy atom. The fourth-order valence-corrected chi connectivity index (χ4v) is 3.39. The highest BCUT2D eigenvalue weighted by molar-refractivity contribution is 5.90. The average Bonchev–Trinajstić information content (AvgIpc) is 3.14. The summed E-state index contributed by atoms with van der Waals surface area (Å²) in [6.07, 6.45) is -0.315. The molecular weight excluding hydrogens is 372 g/mol. The summed E-state index contributed by atoms with van der Waals surface area (Å²) in [6.45, 7) is 0.408. The lowest BCUT2D eigenvalue weighted by atomic mass is 10.1. The van der Waals surface area contributed by atoms with Crippen LogP contribution in [0.2, 0.25) is 0 Å². The predicted octanol–water partition coefficient (Wildman–Crippen LogP) is 1.29. The summed E-state index contributed by atoms with van der Waals surface area (Å²) in [5.41, 5.74) is 2.11. The van der Waals surface area contributed by atoms with Crippen LogP contribution in [0.3, 0.4) is 0 Å². The molecule has 1 fully saturated rings. The van der Waals surface area contributed by atoms with E-state index in [2.05, 4.69) is 10.1 Å². The summed E-state index contributed by atoms with van der Waals surface area (Å²) in [5.74, 6) is -0.913. The Morgan fingerprint density at radius 2 is 1.76 bits per heavy atom. The van der Waals surface area contributed by atoms with E-state index in [0.29, 0.717) is 5.56 Å². The van der Waals surface area contributed by atoms with Gasteiger partial charge in [0.25, 0.3) is 0 Å². The third kappa shape index (κ3) is 5.20. The maximum absolute atomic E-state index is 12.7. The lowest BCUT2D eigenvalue weighted by molar-refractivity contribution is -0.138. The Morgan fingerprint density at radius 1 is 1.07 bits per heavy atom. The number of hydrogen-bond donors (Lipinski definition) is 2. The molecule has 2 atom stereocenters. The fourth-order valence-electron chi connectivity index (χ4n) is 3.39. The van der Waals surface area contributed by atoms with Crippen molar-refractivity contribution in [3.8, 4) is 0 Å². The molecule has 0 aromatic heterocycles. The average molecular weight is 396 g/mol.